The van der Waals surface area contributed by atoms with E-state index in [0.717, 1.165) is 24.0 Å². The van der Waals surface area contributed by atoms with Crippen molar-refractivity contribution in [2.75, 3.05) is 17.2 Å². The highest BCUT2D eigenvalue weighted by molar-refractivity contribution is 5.62. The first-order valence-corrected chi connectivity index (χ1v) is 5.65. The van der Waals surface area contributed by atoms with Crippen LogP contribution in [0, 0.1) is 5.92 Å². The maximum atomic E-state index is 5.95. The van der Waals surface area contributed by atoms with Gasteiger partial charge in [-0.15, -0.1) is 0 Å². The number of hydrogen-bond donors (Lipinski definition) is 1. The molecule has 15 heavy (non-hydrogen) atoms. The summed E-state index contributed by atoms with van der Waals surface area (Å²) < 4.78 is 1.79. The van der Waals surface area contributed by atoms with Crippen LogP contribution in [0.1, 0.15) is 26.7 Å². The van der Waals surface area contributed by atoms with Crippen LogP contribution in [0.2, 0.25) is 0 Å². The van der Waals surface area contributed by atoms with Crippen molar-refractivity contribution in [3.05, 3.63) is 6.20 Å². The second-order valence-electron chi connectivity index (χ2n) is 4.64. The molecule has 0 radical (unpaired) electrons. The Kier molecular flexibility index (Phi) is 2.59. The number of nitrogens with zero attached hydrogens (tertiary/aromatic N) is 3. The second-order valence-corrected chi connectivity index (χ2v) is 4.64. The number of aryl methyl sites for hydroxylation is 1. The molecule has 4 heteroatoms. The molecule has 1 aliphatic heterocycles. The van der Waals surface area contributed by atoms with Gasteiger partial charge in [0.1, 0.15) is 0 Å². The highest BCUT2D eigenvalue weighted by Gasteiger charge is 2.27. The number of hydrogen-bond acceptors (Lipinski definition) is 3. The third kappa shape index (κ3) is 1.80. The van der Waals surface area contributed by atoms with Crippen molar-refractivity contribution in [1.82, 2.24) is 9.78 Å². The van der Waals surface area contributed by atoms with E-state index in [0.29, 0.717) is 6.04 Å². The van der Waals surface area contributed by atoms with Crippen LogP contribution in [-0.4, -0.2) is 22.4 Å². The maximum Gasteiger partial charge on any atom is 0.174 e. The van der Waals surface area contributed by atoms with Gasteiger partial charge in [0.15, 0.2) is 5.82 Å². The van der Waals surface area contributed by atoms with Crippen LogP contribution >= 0.6 is 0 Å². The molecule has 2 N–H and O–H groups in total. The molecule has 0 amide bonds. The first-order chi connectivity index (χ1) is 7.09. The Balaban J connectivity index is 2.25. The first kappa shape index (κ1) is 10.3. The predicted molar refractivity (Wildman–Crippen MR) is 62.8 cm³/mol. The molecule has 1 saturated heterocycles. The number of piperidine rings is 1. The van der Waals surface area contributed by atoms with Crippen molar-refractivity contribution in [2.45, 2.75) is 32.7 Å². The molecular formula is C11H20N4. The lowest BCUT2D eigenvalue weighted by molar-refractivity contribution is 0.361. The van der Waals surface area contributed by atoms with Gasteiger partial charge in [-0.25, -0.2) is 0 Å². The van der Waals surface area contributed by atoms with Crippen molar-refractivity contribution >= 4 is 11.5 Å². The van der Waals surface area contributed by atoms with E-state index in [2.05, 4.69) is 23.8 Å². The minimum Gasteiger partial charge on any atom is -0.394 e. The summed E-state index contributed by atoms with van der Waals surface area (Å²) in [7, 11) is 1.91. The normalized spacial score (nSPS) is 27.0. The second kappa shape index (κ2) is 3.76. The first-order valence-electron chi connectivity index (χ1n) is 5.65. The predicted octanol–water partition coefficient (Wildman–Crippen LogP) is 1.63. The van der Waals surface area contributed by atoms with E-state index >= 15 is 0 Å². The van der Waals surface area contributed by atoms with Gasteiger partial charge in [-0.3, -0.25) is 4.68 Å². The van der Waals surface area contributed by atoms with Gasteiger partial charge in [-0.05, 0) is 25.7 Å². The molecule has 0 aromatic carbocycles. The minimum absolute atomic E-state index is 0.538. The molecule has 2 rings (SSSR count). The summed E-state index contributed by atoms with van der Waals surface area (Å²) in [5.74, 6) is 1.68. The lowest BCUT2D eigenvalue weighted by atomic mass is 9.92. The summed E-state index contributed by atoms with van der Waals surface area (Å²) in [6.07, 6.45) is 4.42. The fraction of sp³-hybridized carbons (Fsp3) is 0.727. The average Bonchev–Trinajstić information content (AvgIpc) is 2.50. The van der Waals surface area contributed by atoms with E-state index in [-0.39, 0.29) is 0 Å². The lowest BCUT2D eigenvalue weighted by Gasteiger charge is -2.38. The molecule has 2 unspecified atom stereocenters. The monoisotopic (exact) mass is 208 g/mol. The summed E-state index contributed by atoms with van der Waals surface area (Å²) in [6.45, 7) is 5.64. The van der Waals surface area contributed by atoms with Crippen LogP contribution in [0.25, 0.3) is 0 Å². The molecule has 84 valence electrons. The van der Waals surface area contributed by atoms with Crippen LogP contribution in [-0.2, 0) is 7.05 Å². The summed E-state index contributed by atoms with van der Waals surface area (Å²) >= 11 is 0. The molecule has 1 aliphatic rings. The quantitative estimate of drug-likeness (QED) is 0.763. The third-order valence-corrected chi connectivity index (χ3v) is 3.48. The Bertz CT molecular complexity index is 344. The summed E-state index contributed by atoms with van der Waals surface area (Å²) in [5.41, 5.74) is 6.75. The summed E-state index contributed by atoms with van der Waals surface area (Å²) in [4.78, 5) is 2.34. The fourth-order valence-electron chi connectivity index (χ4n) is 2.35. The van der Waals surface area contributed by atoms with Crippen LogP contribution in [0.3, 0.4) is 0 Å². The maximum absolute atomic E-state index is 5.95. The van der Waals surface area contributed by atoms with Crippen molar-refractivity contribution in [2.24, 2.45) is 13.0 Å². The smallest absolute Gasteiger partial charge is 0.174 e. The van der Waals surface area contributed by atoms with Gasteiger partial charge < -0.3 is 10.6 Å². The number of nitrogens with two attached hydrogens (primary N) is 1. The number of rotatable bonds is 1. The summed E-state index contributed by atoms with van der Waals surface area (Å²) in [5, 5.41) is 4.44. The van der Waals surface area contributed by atoms with Gasteiger partial charge in [0.05, 0.1) is 5.69 Å². The zero-order valence-corrected chi connectivity index (χ0v) is 9.77. The van der Waals surface area contributed by atoms with Crippen molar-refractivity contribution in [3.63, 3.8) is 0 Å². The van der Waals surface area contributed by atoms with Gasteiger partial charge in [-0.2, -0.15) is 5.10 Å². The molecule has 0 saturated carbocycles. The van der Waals surface area contributed by atoms with Crippen LogP contribution < -0.4 is 10.6 Å². The van der Waals surface area contributed by atoms with Gasteiger partial charge in [-0.1, -0.05) is 6.92 Å². The molecular weight excluding hydrogens is 188 g/mol. The van der Waals surface area contributed by atoms with E-state index in [1.54, 1.807) is 4.68 Å². The average molecular weight is 208 g/mol. The van der Waals surface area contributed by atoms with E-state index < -0.39 is 0 Å². The molecule has 4 nitrogen and oxygen atoms in total. The van der Waals surface area contributed by atoms with Gasteiger partial charge in [0, 0.05) is 25.8 Å². The Labute approximate surface area is 91.1 Å². The number of anilines is 2. The minimum atomic E-state index is 0.538. The Hall–Kier alpha value is -1.19. The molecule has 1 aromatic rings. The van der Waals surface area contributed by atoms with Crippen molar-refractivity contribution in [1.29, 1.82) is 0 Å². The number of aromatic nitrogens is 2. The Morgan fingerprint density at radius 2 is 2.20 bits per heavy atom. The topological polar surface area (TPSA) is 47.1 Å². The molecule has 1 fully saturated rings. The van der Waals surface area contributed by atoms with Crippen LogP contribution in [0.15, 0.2) is 6.20 Å². The SMILES string of the molecule is CC1CCCN(c2nn(C)cc2N)C1C. The molecule has 2 heterocycles. The molecule has 0 aliphatic carbocycles. The summed E-state index contributed by atoms with van der Waals surface area (Å²) in [6, 6.07) is 0.538. The molecule has 0 spiro atoms. The lowest BCUT2D eigenvalue weighted by Crippen LogP contribution is -2.43. The highest BCUT2D eigenvalue weighted by atomic mass is 15.4. The highest BCUT2D eigenvalue weighted by Crippen LogP contribution is 2.30. The van der Waals surface area contributed by atoms with Crippen LogP contribution in [0.5, 0.6) is 0 Å². The molecule has 0 bridgehead atoms. The standard InChI is InChI=1S/C11H20N4/c1-8-5-4-6-15(9(8)2)11-10(12)7-14(3)13-11/h7-9H,4-6,12H2,1-3H3. The van der Waals surface area contributed by atoms with Crippen molar-refractivity contribution in [3.8, 4) is 0 Å². The van der Waals surface area contributed by atoms with Gasteiger partial charge >= 0.3 is 0 Å². The largest absolute Gasteiger partial charge is 0.394 e. The number of nitrogen functional groups attached to an aromatic ring is 1. The molecule has 2 atom stereocenters. The Morgan fingerprint density at radius 3 is 2.80 bits per heavy atom. The Morgan fingerprint density at radius 1 is 1.47 bits per heavy atom. The van der Waals surface area contributed by atoms with Gasteiger partial charge in [0.2, 0.25) is 0 Å². The zero-order valence-electron chi connectivity index (χ0n) is 9.77. The van der Waals surface area contributed by atoms with Crippen molar-refractivity contribution < 1.29 is 0 Å². The van der Waals surface area contributed by atoms with E-state index in [9.17, 15) is 0 Å². The zero-order chi connectivity index (χ0) is 11.0. The fourth-order valence-corrected chi connectivity index (χ4v) is 2.35. The van der Waals surface area contributed by atoms with E-state index in [1.165, 1.54) is 12.8 Å². The van der Waals surface area contributed by atoms with Crippen LogP contribution in [0.4, 0.5) is 11.5 Å². The van der Waals surface area contributed by atoms with E-state index in [4.69, 9.17) is 5.73 Å². The molecule has 1 aromatic heterocycles. The van der Waals surface area contributed by atoms with Gasteiger partial charge in [0.25, 0.3) is 0 Å². The third-order valence-electron chi connectivity index (χ3n) is 3.48. The van der Waals surface area contributed by atoms with E-state index in [1.807, 2.05) is 13.2 Å².